The van der Waals surface area contributed by atoms with Crippen LogP contribution in [-0.2, 0) is 19.5 Å². The number of rotatable bonds is 2. The number of furan rings is 1. The van der Waals surface area contributed by atoms with Gasteiger partial charge >= 0.3 is 0 Å². The van der Waals surface area contributed by atoms with Crippen molar-refractivity contribution < 1.29 is 4.42 Å². The van der Waals surface area contributed by atoms with E-state index in [-0.39, 0.29) is 0 Å². The maximum Gasteiger partial charge on any atom is 0.194 e. The summed E-state index contributed by atoms with van der Waals surface area (Å²) in [6, 6.07) is 12.5. The van der Waals surface area contributed by atoms with Gasteiger partial charge in [0.05, 0.1) is 12.8 Å². The van der Waals surface area contributed by atoms with Crippen molar-refractivity contribution in [1.29, 1.82) is 0 Å². The number of hydrogen-bond donors (Lipinski definition) is 1. The van der Waals surface area contributed by atoms with Gasteiger partial charge in [0.1, 0.15) is 5.76 Å². The summed E-state index contributed by atoms with van der Waals surface area (Å²) in [4.78, 5) is 6.66. The van der Waals surface area contributed by atoms with E-state index in [1.807, 2.05) is 19.2 Å². The maximum absolute atomic E-state index is 5.34. The zero-order chi connectivity index (χ0) is 13.8. The van der Waals surface area contributed by atoms with E-state index in [0.29, 0.717) is 6.54 Å². The fourth-order valence-corrected chi connectivity index (χ4v) is 2.59. The second-order valence-electron chi connectivity index (χ2n) is 4.92. The molecule has 0 amide bonds. The van der Waals surface area contributed by atoms with Crippen LogP contribution in [0.4, 0.5) is 0 Å². The van der Waals surface area contributed by atoms with Gasteiger partial charge in [-0.3, -0.25) is 4.99 Å². The molecule has 0 bridgehead atoms. The van der Waals surface area contributed by atoms with Crippen molar-refractivity contribution >= 4 is 5.96 Å². The SMILES string of the molecule is CN=C(NCc1ccco1)N1CCc2ccccc2C1. The maximum atomic E-state index is 5.34. The molecule has 0 saturated carbocycles. The molecule has 4 nitrogen and oxygen atoms in total. The molecule has 0 aliphatic carbocycles. The molecule has 0 unspecified atom stereocenters. The van der Waals surface area contributed by atoms with E-state index < -0.39 is 0 Å². The third-order valence-electron chi connectivity index (χ3n) is 3.64. The Morgan fingerprint density at radius 1 is 1.25 bits per heavy atom. The first-order chi connectivity index (χ1) is 9.86. The quantitative estimate of drug-likeness (QED) is 0.672. The van der Waals surface area contributed by atoms with Gasteiger partial charge in [0.15, 0.2) is 5.96 Å². The lowest BCUT2D eigenvalue weighted by molar-refractivity contribution is 0.375. The van der Waals surface area contributed by atoms with E-state index in [1.165, 1.54) is 11.1 Å². The largest absolute Gasteiger partial charge is 0.467 e. The van der Waals surface area contributed by atoms with Gasteiger partial charge in [-0.05, 0) is 29.7 Å². The molecule has 1 aromatic carbocycles. The Hall–Kier alpha value is -2.23. The fraction of sp³-hybridized carbons (Fsp3) is 0.312. The second kappa shape index (κ2) is 5.82. The molecule has 104 valence electrons. The zero-order valence-corrected chi connectivity index (χ0v) is 11.7. The summed E-state index contributed by atoms with van der Waals surface area (Å²) >= 11 is 0. The highest BCUT2D eigenvalue weighted by molar-refractivity contribution is 5.80. The number of nitrogens with zero attached hydrogens (tertiary/aromatic N) is 2. The van der Waals surface area contributed by atoms with Crippen molar-refractivity contribution in [2.45, 2.75) is 19.5 Å². The Kier molecular flexibility index (Phi) is 3.72. The molecule has 0 fully saturated rings. The van der Waals surface area contributed by atoms with Gasteiger partial charge < -0.3 is 14.6 Å². The van der Waals surface area contributed by atoms with Crippen LogP contribution in [-0.4, -0.2) is 24.5 Å². The normalized spacial score (nSPS) is 15.1. The van der Waals surface area contributed by atoms with E-state index in [0.717, 1.165) is 31.2 Å². The van der Waals surface area contributed by atoms with E-state index >= 15 is 0 Å². The van der Waals surface area contributed by atoms with Crippen LogP contribution in [0.15, 0.2) is 52.1 Å². The number of aliphatic imine (C=N–C) groups is 1. The average Bonchev–Trinajstić information content (AvgIpc) is 3.01. The lowest BCUT2D eigenvalue weighted by atomic mass is 10.0. The van der Waals surface area contributed by atoms with Gasteiger partial charge in [0.2, 0.25) is 0 Å². The van der Waals surface area contributed by atoms with Crippen LogP contribution in [0.5, 0.6) is 0 Å². The van der Waals surface area contributed by atoms with Crippen LogP contribution in [0, 0.1) is 0 Å². The first-order valence-corrected chi connectivity index (χ1v) is 6.91. The molecule has 20 heavy (non-hydrogen) atoms. The number of guanidine groups is 1. The van der Waals surface area contributed by atoms with Gasteiger partial charge in [-0.1, -0.05) is 24.3 Å². The van der Waals surface area contributed by atoms with E-state index in [1.54, 1.807) is 6.26 Å². The first-order valence-electron chi connectivity index (χ1n) is 6.91. The number of nitrogens with one attached hydrogen (secondary N) is 1. The van der Waals surface area contributed by atoms with Gasteiger partial charge in [-0.2, -0.15) is 0 Å². The lowest BCUT2D eigenvalue weighted by Crippen LogP contribution is -2.43. The topological polar surface area (TPSA) is 40.8 Å². The highest BCUT2D eigenvalue weighted by Gasteiger charge is 2.18. The highest BCUT2D eigenvalue weighted by atomic mass is 16.3. The van der Waals surface area contributed by atoms with Crippen LogP contribution in [0.25, 0.3) is 0 Å². The summed E-state index contributed by atoms with van der Waals surface area (Å²) in [5, 5.41) is 3.35. The minimum atomic E-state index is 0.665. The van der Waals surface area contributed by atoms with Crippen LogP contribution < -0.4 is 5.32 Å². The van der Waals surface area contributed by atoms with E-state index in [2.05, 4.69) is 39.5 Å². The van der Waals surface area contributed by atoms with Crippen LogP contribution in [0.2, 0.25) is 0 Å². The standard InChI is InChI=1S/C16H19N3O/c1-17-16(18-11-15-7-4-10-20-15)19-9-8-13-5-2-3-6-14(13)12-19/h2-7,10H,8-9,11-12H2,1H3,(H,17,18). The predicted molar refractivity (Wildman–Crippen MR) is 79.5 cm³/mol. The molecule has 1 N–H and O–H groups in total. The van der Waals surface area contributed by atoms with Crippen molar-refractivity contribution in [2.75, 3.05) is 13.6 Å². The van der Waals surface area contributed by atoms with Crippen molar-refractivity contribution in [3.63, 3.8) is 0 Å². The highest BCUT2D eigenvalue weighted by Crippen LogP contribution is 2.18. The fourth-order valence-electron chi connectivity index (χ4n) is 2.59. The minimum Gasteiger partial charge on any atom is -0.467 e. The summed E-state index contributed by atoms with van der Waals surface area (Å²) in [5.41, 5.74) is 2.84. The molecule has 1 aliphatic rings. The van der Waals surface area contributed by atoms with Crippen LogP contribution in [0.3, 0.4) is 0 Å². The van der Waals surface area contributed by atoms with Crippen LogP contribution in [0.1, 0.15) is 16.9 Å². The predicted octanol–water partition coefficient (Wildman–Crippen LogP) is 2.41. The smallest absolute Gasteiger partial charge is 0.194 e. The summed E-state index contributed by atoms with van der Waals surface area (Å²) in [6.07, 6.45) is 2.76. The summed E-state index contributed by atoms with van der Waals surface area (Å²) < 4.78 is 5.34. The van der Waals surface area contributed by atoms with Crippen molar-refractivity contribution in [2.24, 2.45) is 4.99 Å². The Labute approximate surface area is 119 Å². The summed E-state index contributed by atoms with van der Waals surface area (Å²) in [6.45, 7) is 2.57. The molecule has 1 aromatic heterocycles. The Bertz CT molecular complexity index is 590. The lowest BCUT2D eigenvalue weighted by Gasteiger charge is -2.31. The second-order valence-corrected chi connectivity index (χ2v) is 4.92. The molecule has 2 aromatic rings. The van der Waals surface area contributed by atoms with Gasteiger partial charge in [0.25, 0.3) is 0 Å². The molecular weight excluding hydrogens is 250 g/mol. The molecule has 0 atom stereocenters. The average molecular weight is 269 g/mol. The molecule has 0 saturated heterocycles. The number of benzene rings is 1. The minimum absolute atomic E-state index is 0.665. The van der Waals surface area contributed by atoms with Gasteiger partial charge in [0, 0.05) is 20.1 Å². The number of hydrogen-bond acceptors (Lipinski definition) is 2. The van der Waals surface area contributed by atoms with Gasteiger partial charge in [-0.15, -0.1) is 0 Å². The summed E-state index contributed by atoms with van der Waals surface area (Å²) in [7, 11) is 1.82. The zero-order valence-electron chi connectivity index (χ0n) is 11.7. The third-order valence-corrected chi connectivity index (χ3v) is 3.64. The van der Waals surface area contributed by atoms with Crippen molar-refractivity contribution in [3.8, 4) is 0 Å². The molecule has 3 rings (SSSR count). The molecular formula is C16H19N3O. The molecule has 0 radical (unpaired) electrons. The Balaban J connectivity index is 1.66. The number of fused-ring (bicyclic) bond motifs is 1. The van der Waals surface area contributed by atoms with Crippen LogP contribution >= 0.6 is 0 Å². The molecule has 2 heterocycles. The van der Waals surface area contributed by atoms with E-state index in [4.69, 9.17) is 4.42 Å². The third kappa shape index (κ3) is 2.69. The van der Waals surface area contributed by atoms with Gasteiger partial charge in [-0.25, -0.2) is 0 Å². The molecule has 1 aliphatic heterocycles. The molecule has 4 heteroatoms. The monoisotopic (exact) mass is 269 g/mol. The van der Waals surface area contributed by atoms with Crippen molar-refractivity contribution in [3.05, 3.63) is 59.5 Å². The molecule has 0 spiro atoms. The summed E-state index contributed by atoms with van der Waals surface area (Å²) in [5.74, 6) is 1.85. The first kappa shape index (κ1) is 12.8. The van der Waals surface area contributed by atoms with Crippen molar-refractivity contribution in [1.82, 2.24) is 10.2 Å². The van der Waals surface area contributed by atoms with E-state index in [9.17, 15) is 0 Å². The Morgan fingerprint density at radius 3 is 2.85 bits per heavy atom. The Morgan fingerprint density at radius 2 is 2.10 bits per heavy atom.